The number of amides is 1. The Morgan fingerprint density at radius 2 is 1.76 bits per heavy atom. The number of hydrogen-bond donors (Lipinski definition) is 1. The smallest absolute Gasteiger partial charge is 0.245 e. The molecule has 1 saturated heterocycles. The lowest BCUT2D eigenvalue weighted by Gasteiger charge is -2.23. The predicted molar refractivity (Wildman–Crippen MR) is 147 cm³/mol. The Hall–Kier alpha value is -4.36. The van der Waals surface area contributed by atoms with Gasteiger partial charge in [-0.3, -0.25) is 19.1 Å². The highest BCUT2D eigenvalue weighted by atomic mass is 32.2. The molecule has 1 fully saturated rings. The van der Waals surface area contributed by atoms with Crippen molar-refractivity contribution in [3.8, 4) is 11.1 Å². The number of rotatable bonds is 9. The molecule has 2 atom stereocenters. The average Bonchev–Trinajstić information content (AvgIpc) is 3.53. The molecule has 1 aliphatic heterocycles. The van der Waals surface area contributed by atoms with Gasteiger partial charge in [0.1, 0.15) is 24.2 Å². The summed E-state index contributed by atoms with van der Waals surface area (Å²) in [4.78, 5) is 48.2. The Balaban J connectivity index is 1.36. The van der Waals surface area contributed by atoms with Crippen molar-refractivity contribution in [2.45, 2.75) is 43.9 Å². The maximum Gasteiger partial charge on any atom is 0.245 e. The first-order valence-electron chi connectivity index (χ1n) is 12.8. The third-order valence-electron chi connectivity index (χ3n) is 6.92. The first-order chi connectivity index (χ1) is 19.5. The maximum absolute atomic E-state index is 14.5. The van der Waals surface area contributed by atoms with Crippen LogP contribution in [0.2, 0.25) is 0 Å². The second-order valence-corrected chi connectivity index (χ2v) is 11.6. The molecule has 0 radical (unpaired) electrons. The van der Waals surface area contributed by atoms with Gasteiger partial charge in [-0.05, 0) is 36.8 Å². The monoisotopic (exact) mass is 578 g/mol. The van der Waals surface area contributed by atoms with Crippen LogP contribution in [-0.4, -0.2) is 75.8 Å². The number of carbonyl (C=O) groups is 3. The number of alkyl halides is 1. The average molecular weight is 579 g/mol. The summed E-state index contributed by atoms with van der Waals surface area (Å²) in [5.41, 5.74) is 2.17. The molecule has 3 heterocycles. The summed E-state index contributed by atoms with van der Waals surface area (Å²) >= 11 is 0. The minimum Gasteiger partial charge on any atom is -0.328 e. The maximum atomic E-state index is 14.5. The van der Waals surface area contributed by atoms with E-state index in [1.165, 1.54) is 23.7 Å². The van der Waals surface area contributed by atoms with Gasteiger partial charge >= 0.3 is 0 Å². The number of aryl methyl sites for hydroxylation is 1. The second-order valence-electron chi connectivity index (χ2n) is 9.81. The summed E-state index contributed by atoms with van der Waals surface area (Å²) in [6.45, 7) is 1.90. The molecule has 1 amide bonds. The van der Waals surface area contributed by atoms with Crippen molar-refractivity contribution in [2.24, 2.45) is 0 Å². The lowest BCUT2D eigenvalue weighted by molar-refractivity contribution is -0.137. The minimum absolute atomic E-state index is 0.0135. The van der Waals surface area contributed by atoms with Crippen molar-refractivity contribution < 1.29 is 27.2 Å². The number of carbonyl (C=O) groups excluding carboxylic acids is 3. The van der Waals surface area contributed by atoms with E-state index >= 15 is 0 Å². The lowest BCUT2D eigenvalue weighted by Crippen LogP contribution is -2.45. The number of aromatic nitrogens is 4. The molecule has 11 nitrogen and oxygen atoms in total. The third kappa shape index (κ3) is 5.91. The Morgan fingerprint density at radius 1 is 1.05 bits per heavy atom. The molecule has 41 heavy (non-hydrogen) atoms. The standard InChI is InChI=1S/C28H27FN6O5S/c1-17(36)28-23-10-19(20-12-30-18(2)31-13-20)8-9-24(23)35(33-28)16-27(38)34-15-21(29)11-25(34)26(37)14-32-41(39,40)22-6-4-3-5-7-22/h3-10,12-13,21,25,32H,11,14-16H2,1-2H3/t21-,25+/m1/s1. The number of halogens is 1. The number of ketones is 2. The summed E-state index contributed by atoms with van der Waals surface area (Å²) in [5, 5.41) is 4.88. The van der Waals surface area contributed by atoms with Crippen LogP contribution < -0.4 is 4.72 Å². The lowest BCUT2D eigenvalue weighted by atomic mass is 10.0. The molecular formula is C28H27FN6O5S. The molecule has 1 aliphatic rings. The van der Waals surface area contributed by atoms with Crippen LogP contribution in [0.1, 0.15) is 29.7 Å². The number of fused-ring (bicyclic) bond motifs is 1. The van der Waals surface area contributed by atoms with Gasteiger partial charge in [-0.15, -0.1) is 0 Å². The van der Waals surface area contributed by atoms with Crippen LogP contribution in [0, 0.1) is 6.92 Å². The van der Waals surface area contributed by atoms with Crippen LogP contribution in [0.4, 0.5) is 4.39 Å². The highest BCUT2D eigenvalue weighted by Crippen LogP contribution is 2.28. The first kappa shape index (κ1) is 28.2. The number of Topliss-reactive ketones (excluding diaryl/α,β-unsaturated/α-hetero) is 2. The van der Waals surface area contributed by atoms with Gasteiger partial charge in [-0.25, -0.2) is 27.5 Å². The molecular weight excluding hydrogens is 551 g/mol. The Morgan fingerprint density at radius 3 is 2.44 bits per heavy atom. The normalized spacial score (nSPS) is 17.2. The quantitative estimate of drug-likeness (QED) is 0.298. The first-order valence-corrected chi connectivity index (χ1v) is 14.3. The summed E-state index contributed by atoms with van der Waals surface area (Å²) in [6.07, 6.45) is 1.66. The molecule has 0 saturated carbocycles. The Labute approximate surface area is 235 Å². The number of benzene rings is 2. The highest BCUT2D eigenvalue weighted by molar-refractivity contribution is 7.89. The van der Waals surface area contributed by atoms with Gasteiger partial charge in [0.15, 0.2) is 11.6 Å². The van der Waals surface area contributed by atoms with Crippen LogP contribution in [-0.2, 0) is 26.2 Å². The zero-order chi connectivity index (χ0) is 29.3. The van der Waals surface area contributed by atoms with Crippen LogP contribution in [0.15, 0.2) is 65.8 Å². The minimum atomic E-state index is -3.96. The van der Waals surface area contributed by atoms with Gasteiger partial charge in [-0.2, -0.15) is 5.10 Å². The molecule has 0 aliphatic carbocycles. The van der Waals surface area contributed by atoms with Crippen molar-refractivity contribution in [3.63, 3.8) is 0 Å². The second kappa shape index (κ2) is 11.3. The van der Waals surface area contributed by atoms with E-state index in [1.54, 1.807) is 55.7 Å². The molecule has 0 spiro atoms. The van der Waals surface area contributed by atoms with E-state index in [0.717, 1.165) is 16.0 Å². The number of hydrogen-bond acceptors (Lipinski definition) is 8. The summed E-state index contributed by atoms with van der Waals surface area (Å²) in [7, 11) is -3.96. The molecule has 212 valence electrons. The van der Waals surface area contributed by atoms with E-state index < -0.39 is 40.5 Å². The Kier molecular flexibility index (Phi) is 7.74. The number of likely N-dealkylation sites (tertiary alicyclic amines) is 1. The van der Waals surface area contributed by atoms with E-state index in [9.17, 15) is 27.2 Å². The molecule has 5 rings (SSSR count). The van der Waals surface area contributed by atoms with Crippen molar-refractivity contribution >= 4 is 38.4 Å². The zero-order valence-corrected chi connectivity index (χ0v) is 23.1. The van der Waals surface area contributed by atoms with Crippen molar-refractivity contribution in [1.82, 2.24) is 29.4 Å². The van der Waals surface area contributed by atoms with Gasteiger partial charge < -0.3 is 4.90 Å². The van der Waals surface area contributed by atoms with Crippen molar-refractivity contribution in [2.75, 3.05) is 13.1 Å². The summed E-state index contributed by atoms with van der Waals surface area (Å²) in [5.74, 6) is -0.890. The molecule has 1 N–H and O–H groups in total. The zero-order valence-electron chi connectivity index (χ0n) is 22.3. The van der Waals surface area contributed by atoms with Gasteiger partial charge in [0.05, 0.1) is 29.5 Å². The van der Waals surface area contributed by atoms with Crippen molar-refractivity contribution in [3.05, 3.63) is 72.4 Å². The largest absolute Gasteiger partial charge is 0.328 e. The SMILES string of the molecule is CC(=O)c1nn(CC(=O)N2C[C@H](F)C[C@H]2C(=O)CNS(=O)(=O)c2ccccc2)c2ccc(-c3cnc(C)nc3)cc12. The molecule has 2 aromatic carbocycles. The fraction of sp³-hybridized carbons (Fsp3) is 0.286. The fourth-order valence-electron chi connectivity index (χ4n) is 4.83. The van der Waals surface area contributed by atoms with Crippen LogP contribution in [0.25, 0.3) is 22.0 Å². The predicted octanol–water partition coefficient (Wildman–Crippen LogP) is 2.49. The molecule has 0 unspecified atom stereocenters. The van der Waals surface area contributed by atoms with Crippen LogP contribution in [0.5, 0.6) is 0 Å². The molecule has 13 heteroatoms. The summed E-state index contributed by atoms with van der Waals surface area (Å²) < 4.78 is 43.1. The van der Waals surface area contributed by atoms with Gasteiger partial charge in [0.2, 0.25) is 15.9 Å². The van der Waals surface area contributed by atoms with E-state index in [2.05, 4.69) is 19.8 Å². The van der Waals surface area contributed by atoms with E-state index in [1.807, 2.05) is 0 Å². The number of sulfonamides is 1. The van der Waals surface area contributed by atoms with Gasteiger partial charge in [-0.1, -0.05) is 24.3 Å². The Bertz CT molecular complexity index is 1740. The fourth-order valence-corrected chi connectivity index (χ4v) is 5.85. The van der Waals surface area contributed by atoms with E-state index in [4.69, 9.17) is 0 Å². The van der Waals surface area contributed by atoms with Crippen LogP contribution >= 0.6 is 0 Å². The molecule has 2 aromatic heterocycles. The summed E-state index contributed by atoms with van der Waals surface area (Å²) in [6, 6.07) is 11.7. The van der Waals surface area contributed by atoms with Gasteiger partial charge in [0, 0.05) is 36.7 Å². The van der Waals surface area contributed by atoms with E-state index in [-0.39, 0.29) is 35.9 Å². The third-order valence-corrected chi connectivity index (χ3v) is 8.33. The highest BCUT2D eigenvalue weighted by Gasteiger charge is 2.40. The number of nitrogens with one attached hydrogen (secondary N) is 1. The van der Waals surface area contributed by atoms with E-state index in [0.29, 0.717) is 16.7 Å². The number of nitrogens with zero attached hydrogens (tertiary/aromatic N) is 5. The molecule has 0 bridgehead atoms. The topological polar surface area (TPSA) is 144 Å². The van der Waals surface area contributed by atoms with Gasteiger partial charge in [0.25, 0.3) is 0 Å². The molecule has 4 aromatic rings. The van der Waals surface area contributed by atoms with Crippen LogP contribution in [0.3, 0.4) is 0 Å². The van der Waals surface area contributed by atoms with Crippen molar-refractivity contribution in [1.29, 1.82) is 0 Å².